The maximum Gasteiger partial charge on any atom is 0.226 e. The van der Waals surface area contributed by atoms with Gasteiger partial charge in [-0.15, -0.1) is 0 Å². The van der Waals surface area contributed by atoms with E-state index in [-0.39, 0.29) is 12.3 Å². The van der Waals surface area contributed by atoms with Crippen molar-refractivity contribution in [3.8, 4) is 0 Å². The van der Waals surface area contributed by atoms with E-state index in [1.807, 2.05) is 0 Å². The van der Waals surface area contributed by atoms with Crippen LogP contribution in [0.2, 0.25) is 5.02 Å². The molecule has 0 fully saturated rings. The van der Waals surface area contributed by atoms with Gasteiger partial charge in [-0.2, -0.15) is 0 Å². The maximum absolute atomic E-state index is 13.0. The highest BCUT2D eigenvalue weighted by molar-refractivity contribution is 6.30. The van der Waals surface area contributed by atoms with Gasteiger partial charge in [-0.05, 0) is 42.5 Å². The van der Waals surface area contributed by atoms with Crippen LogP contribution in [0.3, 0.4) is 0 Å². The molecule has 0 unspecified atom stereocenters. The molecule has 0 aromatic heterocycles. The smallest absolute Gasteiger partial charge is 0.226 e. The number of anilines is 2. The second kappa shape index (κ2) is 7.04. The second-order valence-electron chi connectivity index (χ2n) is 4.36. The van der Waals surface area contributed by atoms with Crippen molar-refractivity contribution in [2.75, 3.05) is 17.2 Å². The first-order valence-corrected chi connectivity index (χ1v) is 6.67. The summed E-state index contributed by atoms with van der Waals surface area (Å²) in [7, 11) is 0. The van der Waals surface area contributed by atoms with Gasteiger partial charge in [0, 0.05) is 29.4 Å². The number of halogens is 3. The Balaban J connectivity index is 1.78. The van der Waals surface area contributed by atoms with Crippen LogP contribution in [0.1, 0.15) is 6.42 Å². The van der Waals surface area contributed by atoms with Gasteiger partial charge >= 0.3 is 0 Å². The summed E-state index contributed by atoms with van der Waals surface area (Å²) in [6.07, 6.45) is 0.196. The molecule has 0 saturated heterocycles. The summed E-state index contributed by atoms with van der Waals surface area (Å²) < 4.78 is 25.7. The highest BCUT2D eigenvalue weighted by Gasteiger charge is 2.04. The Morgan fingerprint density at radius 3 is 2.33 bits per heavy atom. The molecule has 0 bridgehead atoms. The number of benzene rings is 2. The maximum atomic E-state index is 13.0. The normalized spacial score (nSPS) is 10.2. The molecule has 3 nitrogen and oxygen atoms in total. The third kappa shape index (κ3) is 4.72. The molecular weight excluding hydrogens is 298 g/mol. The standard InChI is InChI=1S/C15H13ClF2N2O/c16-10-1-3-11(4-2-10)20-15(21)7-8-19-12-5-6-13(17)14(18)9-12/h1-6,9,19H,7-8H2,(H,20,21). The third-order valence-electron chi connectivity index (χ3n) is 2.73. The Labute approximate surface area is 125 Å². The van der Waals surface area contributed by atoms with E-state index in [0.717, 1.165) is 12.1 Å². The van der Waals surface area contributed by atoms with E-state index in [2.05, 4.69) is 10.6 Å². The molecule has 0 radical (unpaired) electrons. The Kier molecular flexibility index (Phi) is 5.11. The van der Waals surface area contributed by atoms with E-state index < -0.39 is 11.6 Å². The molecule has 110 valence electrons. The fourth-order valence-corrected chi connectivity index (χ4v) is 1.81. The van der Waals surface area contributed by atoms with E-state index in [9.17, 15) is 13.6 Å². The minimum Gasteiger partial charge on any atom is -0.384 e. The first kappa shape index (κ1) is 15.3. The van der Waals surface area contributed by atoms with Gasteiger partial charge < -0.3 is 10.6 Å². The molecule has 0 aliphatic heterocycles. The summed E-state index contributed by atoms with van der Waals surface area (Å²) in [6, 6.07) is 10.2. The molecule has 0 aliphatic carbocycles. The Bertz CT molecular complexity index is 632. The van der Waals surface area contributed by atoms with E-state index in [0.29, 0.717) is 22.9 Å². The molecule has 2 rings (SSSR count). The van der Waals surface area contributed by atoms with Gasteiger partial charge in [-0.25, -0.2) is 8.78 Å². The van der Waals surface area contributed by atoms with Gasteiger partial charge in [-0.1, -0.05) is 11.6 Å². The summed E-state index contributed by atoms with van der Waals surface area (Å²) >= 11 is 5.74. The Hall–Kier alpha value is -2.14. The molecule has 2 N–H and O–H groups in total. The lowest BCUT2D eigenvalue weighted by Gasteiger charge is -2.08. The van der Waals surface area contributed by atoms with Crippen molar-refractivity contribution in [3.63, 3.8) is 0 Å². The van der Waals surface area contributed by atoms with Crippen LogP contribution in [0.4, 0.5) is 20.2 Å². The van der Waals surface area contributed by atoms with Crippen LogP contribution in [0, 0.1) is 11.6 Å². The molecular formula is C15H13ClF2N2O. The zero-order valence-corrected chi connectivity index (χ0v) is 11.8. The molecule has 0 saturated carbocycles. The quantitative estimate of drug-likeness (QED) is 0.874. The lowest BCUT2D eigenvalue weighted by Crippen LogP contribution is -2.16. The van der Waals surface area contributed by atoms with Crippen molar-refractivity contribution in [1.82, 2.24) is 0 Å². The predicted molar refractivity (Wildman–Crippen MR) is 79.5 cm³/mol. The monoisotopic (exact) mass is 310 g/mol. The van der Waals surface area contributed by atoms with Crippen molar-refractivity contribution in [2.24, 2.45) is 0 Å². The van der Waals surface area contributed by atoms with Crippen molar-refractivity contribution in [2.45, 2.75) is 6.42 Å². The first-order valence-electron chi connectivity index (χ1n) is 6.29. The molecule has 6 heteroatoms. The number of hydrogen-bond acceptors (Lipinski definition) is 2. The molecule has 21 heavy (non-hydrogen) atoms. The number of rotatable bonds is 5. The van der Waals surface area contributed by atoms with Gasteiger partial charge in [0.25, 0.3) is 0 Å². The molecule has 2 aromatic rings. The number of hydrogen-bond donors (Lipinski definition) is 2. The van der Waals surface area contributed by atoms with Crippen molar-refractivity contribution < 1.29 is 13.6 Å². The van der Waals surface area contributed by atoms with E-state index in [1.54, 1.807) is 24.3 Å². The summed E-state index contributed by atoms with van der Waals surface area (Å²) in [4.78, 5) is 11.7. The van der Waals surface area contributed by atoms with Crippen LogP contribution in [-0.4, -0.2) is 12.5 Å². The van der Waals surface area contributed by atoms with Crippen LogP contribution in [-0.2, 0) is 4.79 Å². The van der Waals surface area contributed by atoms with E-state index >= 15 is 0 Å². The average molecular weight is 311 g/mol. The van der Waals surface area contributed by atoms with Crippen LogP contribution < -0.4 is 10.6 Å². The minimum atomic E-state index is -0.925. The van der Waals surface area contributed by atoms with Gasteiger partial charge in [0.15, 0.2) is 11.6 Å². The van der Waals surface area contributed by atoms with E-state index in [1.165, 1.54) is 6.07 Å². The van der Waals surface area contributed by atoms with Crippen LogP contribution in [0.25, 0.3) is 0 Å². The van der Waals surface area contributed by atoms with Crippen LogP contribution in [0.15, 0.2) is 42.5 Å². The topological polar surface area (TPSA) is 41.1 Å². The van der Waals surface area contributed by atoms with Crippen molar-refractivity contribution in [1.29, 1.82) is 0 Å². The van der Waals surface area contributed by atoms with Gasteiger partial charge in [0.2, 0.25) is 5.91 Å². The number of nitrogens with one attached hydrogen (secondary N) is 2. The van der Waals surface area contributed by atoms with Crippen molar-refractivity contribution >= 4 is 28.9 Å². The summed E-state index contributed by atoms with van der Waals surface area (Å²) in [5, 5.41) is 6.14. The Morgan fingerprint density at radius 2 is 1.67 bits per heavy atom. The van der Waals surface area contributed by atoms with Crippen LogP contribution >= 0.6 is 11.6 Å². The fraction of sp³-hybridized carbons (Fsp3) is 0.133. The largest absolute Gasteiger partial charge is 0.384 e. The molecule has 0 aliphatic rings. The average Bonchev–Trinajstić information content (AvgIpc) is 2.45. The van der Waals surface area contributed by atoms with Gasteiger partial charge in [0.1, 0.15) is 0 Å². The number of amides is 1. The van der Waals surface area contributed by atoms with E-state index in [4.69, 9.17) is 11.6 Å². The molecule has 0 spiro atoms. The van der Waals surface area contributed by atoms with Crippen molar-refractivity contribution in [3.05, 3.63) is 59.1 Å². The van der Waals surface area contributed by atoms with Gasteiger partial charge in [0.05, 0.1) is 0 Å². The highest BCUT2D eigenvalue weighted by atomic mass is 35.5. The Morgan fingerprint density at radius 1 is 1.00 bits per heavy atom. The summed E-state index contributed by atoms with van der Waals surface area (Å²) in [5.74, 6) is -2.01. The minimum absolute atomic E-state index is 0.188. The lowest BCUT2D eigenvalue weighted by molar-refractivity contribution is -0.115. The fourth-order valence-electron chi connectivity index (χ4n) is 1.68. The number of carbonyl (C=O) groups is 1. The zero-order chi connectivity index (χ0) is 15.2. The summed E-state index contributed by atoms with van der Waals surface area (Å²) in [6.45, 7) is 0.310. The van der Waals surface area contributed by atoms with Gasteiger partial charge in [-0.3, -0.25) is 4.79 Å². The highest BCUT2D eigenvalue weighted by Crippen LogP contribution is 2.14. The molecule has 0 heterocycles. The predicted octanol–water partition coefficient (Wildman–Crippen LogP) is 4.06. The lowest BCUT2D eigenvalue weighted by atomic mass is 10.2. The molecule has 0 atom stereocenters. The number of carbonyl (C=O) groups excluding carboxylic acids is 1. The first-order chi connectivity index (χ1) is 10.0. The summed E-state index contributed by atoms with van der Waals surface area (Å²) in [5.41, 5.74) is 1.07. The zero-order valence-electron chi connectivity index (χ0n) is 11.0. The second-order valence-corrected chi connectivity index (χ2v) is 4.80. The SMILES string of the molecule is O=C(CCNc1ccc(F)c(F)c1)Nc1ccc(Cl)cc1. The third-order valence-corrected chi connectivity index (χ3v) is 2.98. The molecule has 2 aromatic carbocycles. The van der Waals surface area contributed by atoms with Crippen LogP contribution in [0.5, 0.6) is 0 Å². The molecule has 1 amide bonds.